The zero-order chi connectivity index (χ0) is 19.6. The Bertz CT molecular complexity index is 680. The van der Waals surface area contributed by atoms with E-state index in [1.54, 1.807) is 14.2 Å². The summed E-state index contributed by atoms with van der Waals surface area (Å²) in [4.78, 5) is 13.3. The van der Waals surface area contributed by atoms with E-state index in [0.29, 0.717) is 25.0 Å². The molecule has 4 aliphatic rings. The van der Waals surface area contributed by atoms with Crippen LogP contribution < -0.4 is 15.4 Å². The predicted octanol–water partition coefficient (Wildman–Crippen LogP) is 3.31. The van der Waals surface area contributed by atoms with Crippen LogP contribution in [0.3, 0.4) is 0 Å². The van der Waals surface area contributed by atoms with E-state index >= 15 is 0 Å². The number of hydrogen-bond acceptors (Lipinski definition) is 4. The summed E-state index contributed by atoms with van der Waals surface area (Å²) in [6.07, 6.45) is 6.94. The first-order chi connectivity index (χ1) is 13.6. The van der Waals surface area contributed by atoms with Crippen molar-refractivity contribution >= 4 is 18.3 Å². The lowest BCUT2D eigenvalue weighted by atomic mass is 9.42. The molecule has 1 aromatic carbocycles. The molecule has 5 nitrogen and oxygen atoms in total. The first-order valence-electron chi connectivity index (χ1n) is 10.7. The Kier molecular flexibility index (Phi) is 7.13. The van der Waals surface area contributed by atoms with Crippen LogP contribution in [0.1, 0.15) is 44.1 Å². The average molecular weight is 423 g/mol. The third kappa shape index (κ3) is 4.42. The van der Waals surface area contributed by atoms with Crippen LogP contribution in [0.5, 0.6) is 5.75 Å². The van der Waals surface area contributed by atoms with Gasteiger partial charge in [0.15, 0.2) is 0 Å². The van der Waals surface area contributed by atoms with Crippen molar-refractivity contribution in [3.8, 4) is 5.75 Å². The van der Waals surface area contributed by atoms with E-state index < -0.39 is 0 Å². The molecular formula is C23H35ClN2O3. The standard InChI is InChI=1S/C23H34N2O3.ClH/c1-27-10-9-24-7-8-25-21(26)23-14-17-11-18(15-23)13-22(12-17,16-23)19-3-5-20(28-2)6-4-19;/h3-6,17-18,24H,7-16H2,1-2H3,(H,25,26);1H. The van der Waals surface area contributed by atoms with Crippen molar-refractivity contribution in [2.45, 2.75) is 43.9 Å². The molecule has 6 heteroatoms. The van der Waals surface area contributed by atoms with Crippen LogP contribution in [0.25, 0.3) is 0 Å². The molecule has 2 atom stereocenters. The highest BCUT2D eigenvalue weighted by atomic mass is 35.5. The maximum absolute atomic E-state index is 13.3. The van der Waals surface area contributed by atoms with Gasteiger partial charge < -0.3 is 20.1 Å². The van der Waals surface area contributed by atoms with Crippen LogP contribution in [-0.4, -0.2) is 46.4 Å². The number of hydrogen-bond donors (Lipinski definition) is 2. The molecule has 0 heterocycles. The molecule has 0 radical (unpaired) electrons. The topological polar surface area (TPSA) is 59.6 Å². The summed E-state index contributed by atoms with van der Waals surface area (Å²) in [7, 11) is 3.42. The second-order valence-corrected chi connectivity index (χ2v) is 9.25. The maximum Gasteiger partial charge on any atom is 0.226 e. The summed E-state index contributed by atoms with van der Waals surface area (Å²) in [6, 6.07) is 8.62. The maximum atomic E-state index is 13.3. The van der Waals surface area contributed by atoms with Gasteiger partial charge in [0, 0.05) is 26.7 Å². The van der Waals surface area contributed by atoms with E-state index in [4.69, 9.17) is 9.47 Å². The van der Waals surface area contributed by atoms with Gasteiger partial charge in [0.2, 0.25) is 5.91 Å². The lowest BCUT2D eigenvalue weighted by Gasteiger charge is -2.61. The average Bonchev–Trinajstić information content (AvgIpc) is 2.69. The quantitative estimate of drug-likeness (QED) is 0.599. The van der Waals surface area contributed by atoms with Crippen molar-refractivity contribution in [2.24, 2.45) is 17.3 Å². The van der Waals surface area contributed by atoms with Gasteiger partial charge in [-0.2, -0.15) is 0 Å². The van der Waals surface area contributed by atoms with Gasteiger partial charge in [-0.25, -0.2) is 0 Å². The van der Waals surface area contributed by atoms with Gasteiger partial charge in [0.05, 0.1) is 19.1 Å². The summed E-state index contributed by atoms with van der Waals surface area (Å²) in [6.45, 7) is 3.00. The fraction of sp³-hybridized carbons (Fsp3) is 0.696. The number of amides is 1. The van der Waals surface area contributed by atoms with E-state index in [0.717, 1.165) is 38.1 Å². The van der Waals surface area contributed by atoms with Crippen LogP contribution in [0.2, 0.25) is 0 Å². The summed E-state index contributed by atoms with van der Waals surface area (Å²) in [5, 5.41) is 6.55. The van der Waals surface area contributed by atoms with Crippen molar-refractivity contribution in [1.29, 1.82) is 0 Å². The Morgan fingerprint density at radius 2 is 1.72 bits per heavy atom. The molecule has 5 rings (SSSR count). The molecule has 0 aromatic heterocycles. The lowest BCUT2D eigenvalue weighted by Crippen LogP contribution is -2.59. The Morgan fingerprint density at radius 3 is 2.34 bits per heavy atom. The molecular weight excluding hydrogens is 388 g/mol. The summed E-state index contributed by atoms with van der Waals surface area (Å²) in [5.74, 6) is 2.57. The Balaban J connectivity index is 0.00000240. The number of ether oxygens (including phenoxy) is 2. The number of halogens is 1. The van der Waals surface area contributed by atoms with Crippen molar-refractivity contribution in [1.82, 2.24) is 10.6 Å². The molecule has 0 spiro atoms. The van der Waals surface area contributed by atoms with Crippen LogP contribution in [-0.2, 0) is 14.9 Å². The summed E-state index contributed by atoms with van der Waals surface area (Å²) < 4.78 is 10.4. The smallest absolute Gasteiger partial charge is 0.226 e. The lowest BCUT2D eigenvalue weighted by molar-refractivity contribution is -0.149. The largest absolute Gasteiger partial charge is 0.497 e. The number of methoxy groups -OCH3 is 2. The second-order valence-electron chi connectivity index (χ2n) is 9.25. The van der Waals surface area contributed by atoms with Crippen LogP contribution >= 0.6 is 12.4 Å². The third-order valence-corrected chi connectivity index (χ3v) is 7.32. The first kappa shape index (κ1) is 22.4. The van der Waals surface area contributed by atoms with E-state index in [1.807, 2.05) is 0 Å². The molecule has 2 unspecified atom stereocenters. The Morgan fingerprint density at radius 1 is 1.03 bits per heavy atom. The van der Waals surface area contributed by atoms with Crippen molar-refractivity contribution in [2.75, 3.05) is 40.5 Å². The van der Waals surface area contributed by atoms with Gasteiger partial charge in [-0.1, -0.05) is 12.1 Å². The highest BCUT2D eigenvalue weighted by molar-refractivity contribution is 5.85. The SMILES string of the molecule is COCCNCCNC(=O)C12CC3CC(C1)CC(c1ccc(OC)cc1)(C3)C2.Cl. The molecule has 0 aliphatic heterocycles. The minimum absolute atomic E-state index is 0. The number of rotatable bonds is 9. The monoisotopic (exact) mass is 422 g/mol. The van der Waals surface area contributed by atoms with Crippen LogP contribution in [0.15, 0.2) is 24.3 Å². The third-order valence-electron chi connectivity index (χ3n) is 7.32. The Labute approximate surface area is 180 Å². The number of carbonyl (C=O) groups is 1. The predicted molar refractivity (Wildman–Crippen MR) is 117 cm³/mol. The molecule has 1 amide bonds. The van der Waals surface area contributed by atoms with Gasteiger partial charge in [0.1, 0.15) is 5.75 Å². The van der Waals surface area contributed by atoms with Crippen molar-refractivity contribution in [3.63, 3.8) is 0 Å². The number of benzene rings is 1. The summed E-state index contributed by atoms with van der Waals surface area (Å²) >= 11 is 0. The van der Waals surface area contributed by atoms with E-state index in [9.17, 15) is 4.79 Å². The highest BCUT2D eigenvalue weighted by Crippen LogP contribution is 2.65. The van der Waals surface area contributed by atoms with Crippen molar-refractivity contribution < 1.29 is 14.3 Å². The molecule has 1 aromatic rings. The van der Waals surface area contributed by atoms with Crippen LogP contribution in [0.4, 0.5) is 0 Å². The van der Waals surface area contributed by atoms with E-state index in [1.165, 1.54) is 24.8 Å². The Hall–Kier alpha value is -1.30. The second kappa shape index (κ2) is 9.23. The molecule has 29 heavy (non-hydrogen) atoms. The van der Waals surface area contributed by atoms with Gasteiger partial charge in [0.25, 0.3) is 0 Å². The zero-order valence-corrected chi connectivity index (χ0v) is 18.5. The molecule has 2 N–H and O–H groups in total. The molecule has 0 saturated heterocycles. The molecule has 162 valence electrons. The van der Waals surface area contributed by atoms with Crippen molar-refractivity contribution in [3.05, 3.63) is 29.8 Å². The number of carbonyl (C=O) groups excluding carboxylic acids is 1. The summed E-state index contributed by atoms with van der Waals surface area (Å²) in [5.41, 5.74) is 1.40. The number of nitrogens with one attached hydrogen (secondary N) is 2. The van der Waals surface area contributed by atoms with E-state index in [2.05, 4.69) is 34.9 Å². The van der Waals surface area contributed by atoms with Crippen LogP contribution in [0, 0.1) is 17.3 Å². The fourth-order valence-corrected chi connectivity index (χ4v) is 6.56. The van der Waals surface area contributed by atoms with Gasteiger partial charge >= 0.3 is 0 Å². The molecule has 4 saturated carbocycles. The minimum atomic E-state index is -0.170. The molecule has 4 aliphatic carbocycles. The minimum Gasteiger partial charge on any atom is -0.497 e. The highest BCUT2D eigenvalue weighted by Gasteiger charge is 2.60. The molecule has 4 fully saturated rings. The molecule has 4 bridgehead atoms. The fourth-order valence-electron chi connectivity index (χ4n) is 6.56. The van der Waals surface area contributed by atoms with Gasteiger partial charge in [-0.15, -0.1) is 12.4 Å². The first-order valence-corrected chi connectivity index (χ1v) is 10.7. The van der Waals surface area contributed by atoms with Gasteiger partial charge in [-0.05, 0) is 73.5 Å². The zero-order valence-electron chi connectivity index (χ0n) is 17.7. The van der Waals surface area contributed by atoms with Gasteiger partial charge in [-0.3, -0.25) is 4.79 Å². The normalized spacial score (nSPS) is 31.9. The van der Waals surface area contributed by atoms with E-state index in [-0.39, 0.29) is 29.1 Å².